The summed E-state index contributed by atoms with van der Waals surface area (Å²) in [5.41, 5.74) is 1.93. The summed E-state index contributed by atoms with van der Waals surface area (Å²) in [4.78, 5) is 14.1. The molecule has 1 heterocycles. The maximum absolute atomic E-state index is 12.5. The topological polar surface area (TPSA) is 73.8 Å². The summed E-state index contributed by atoms with van der Waals surface area (Å²) in [7, 11) is 1.60. The van der Waals surface area contributed by atoms with Gasteiger partial charge in [0.05, 0.1) is 24.6 Å². The molecule has 0 saturated heterocycles. The Morgan fingerprint density at radius 1 is 1.40 bits per heavy atom. The number of nitrogens with zero attached hydrogens (tertiary/aromatic N) is 1. The van der Waals surface area contributed by atoms with Crippen LogP contribution in [0, 0.1) is 0 Å². The highest BCUT2D eigenvalue weighted by Crippen LogP contribution is 2.25. The highest BCUT2D eigenvalue weighted by Gasteiger charge is 2.27. The van der Waals surface area contributed by atoms with E-state index in [1.54, 1.807) is 12.0 Å². The third-order valence-corrected chi connectivity index (χ3v) is 3.30. The Balaban J connectivity index is 2.01. The van der Waals surface area contributed by atoms with Gasteiger partial charge in [0.15, 0.2) is 0 Å². The Hall–Kier alpha value is -1.79. The number of amides is 1. The standard InChI is InChI=1S/C14H21N3O3/c1-20-9-7-17(6-8-18)14(19)13-10-15-11-4-2-3-5-12(11)16-13/h2-5,13,15-16,18H,6-10H2,1H3. The van der Waals surface area contributed by atoms with Crippen molar-refractivity contribution in [3.8, 4) is 0 Å². The summed E-state index contributed by atoms with van der Waals surface area (Å²) in [5.74, 6) is -0.0295. The van der Waals surface area contributed by atoms with Crippen LogP contribution >= 0.6 is 0 Å². The lowest BCUT2D eigenvalue weighted by molar-refractivity contribution is -0.132. The molecule has 1 atom stereocenters. The van der Waals surface area contributed by atoms with Crippen LogP contribution in [0.15, 0.2) is 24.3 Å². The summed E-state index contributed by atoms with van der Waals surface area (Å²) in [5, 5.41) is 15.5. The lowest BCUT2D eigenvalue weighted by atomic mass is 10.1. The second kappa shape index (κ2) is 7.12. The second-order valence-corrected chi connectivity index (χ2v) is 4.67. The van der Waals surface area contributed by atoms with Crippen molar-refractivity contribution in [1.29, 1.82) is 0 Å². The van der Waals surface area contributed by atoms with E-state index in [4.69, 9.17) is 9.84 Å². The number of ether oxygens (including phenoxy) is 1. The molecule has 1 aliphatic heterocycles. The average molecular weight is 279 g/mol. The largest absolute Gasteiger partial charge is 0.395 e. The molecule has 110 valence electrons. The maximum Gasteiger partial charge on any atom is 0.247 e. The molecule has 6 nitrogen and oxygen atoms in total. The number of methoxy groups -OCH3 is 1. The first-order valence-electron chi connectivity index (χ1n) is 6.74. The fourth-order valence-electron chi connectivity index (χ4n) is 2.24. The Labute approximate surface area is 118 Å². The van der Waals surface area contributed by atoms with E-state index in [1.807, 2.05) is 24.3 Å². The Morgan fingerprint density at radius 2 is 2.15 bits per heavy atom. The molecule has 20 heavy (non-hydrogen) atoms. The number of anilines is 2. The number of aliphatic hydroxyl groups is 1. The van der Waals surface area contributed by atoms with Crippen molar-refractivity contribution in [2.75, 3.05) is 50.6 Å². The molecule has 6 heteroatoms. The van der Waals surface area contributed by atoms with E-state index in [-0.39, 0.29) is 18.6 Å². The molecule has 1 unspecified atom stereocenters. The van der Waals surface area contributed by atoms with Crippen LogP contribution in [-0.2, 0) is 9.53 Å². The number of rotatable bonds is 6. The van der Waals surface area contributed by atoms with Crippen LogP contribution in [0.3, 0.4) is 0 Å². The quantitative estimate of drug-likeness (QED) is 0.701. The number of carbonyl (C=O) groups excluding carboxylic acids is 1. The molecule has 2 rings (SSSR count). The monoisotopic (exact) mass is 279 g/mol. The minimum absolute atomic E-state index is 0.0295. The third-order valence-electron chi connectivity index (χ3n) is 3.30. The van der Waals surface area contributed by atoms with Crippen molar-refractivity contribution in [3.05, 3.63) is 24.3 Å². The second-order valence-electron chi connectivity index (χ2n) is 4.67. The first kappa shape index (κ1) is 14.6. The van der Waals surface area contributed by atoms with E-state index in [0.717, 1.165) is 11.4 Å². The van der Waals surface area contributed by atoms with E-state index in [2.05, 4.69) is 10.6 Å². The van der Waals surface area contributed by atoms with Crippen LogP contribution in [0.25, 0.3) is 0 Å². The van der Waals surface area contributed by atoms with Gasteiger partial charge in [-0.3, -0.25) is 4.79 Å². The summed E-state index contributed by atoms with van der Waals surface area (Å²) in [6, 6.07) is 7.46. The van der Waals surface area contributed by atoms with Crippen LogP contribution in [0.5, 0.6) is 0 Å². The predicted octanol–water partition coefficient (Wildman–Crippen LogP) is 0.360. The molecular weight excluding hydrogens is 258 g/mol. The van der Waals surface area contributed by atoms with Crippen LogP contribution in [0.4, 0.5) is 11.4 Å². The van der Waals surface area contributed by atoms with Gasteiger partial charge in [-0.1, -0.05) is 12.1 Å². The molecule has 0 bridgehead atoms. The van der Waals surface area contributed by atoms with E-state index in [1.165, 1.54) is 0 Å². The zero-order chi connectivity index (χ0) is 14.4. The minimum Gasteiger partial charge on any atom is -0.395 e. The molecule has 1 amide bonds. The first-order chi connectivity index (χ1) is 9.76. The van der Waals surface area contributed by atoms with Gasteiger partial charge in [-0.2, -0.15) is 0 Å². The SMILES string of the molecule is COCCN(CCO)C(=O)C1CNc2ccccc2N1. The number of benzene rings is 1. The molecular formula is C14H21N3O3. The Morgan fingerprint density at radius 3 is 2.85 bits per heavy atom. The highest BCUT2D eigenvalue weighted by atomic mass is 16.5. The normalized spacial score (nSPS) is 16.8. The number of para-hydroxylation sites is 2. The summed E-state index contributed by atoms with van der Waals surface area (Å²) in [6.07, 6.45) is 0. The van der Waals surface area contributed by atoms with Crippen LogP contribution < -0.4 is 10.6 Å². The van der Waals surface area contributed by atoms with E-state index in [9.17, 15) is 4.79 Å². The molecule has 0 aromatic heterocycles. The molecule has 1 aromatic rings. The van der Waals surface area contributed by atoms with E-state index in [0.29, 0.717) is 26.2 Å². The molecule has 0 radical (unpaired) electrons. The maximum atomic E-state index is 12.5. The van der Waals surface area contributed by atoms with Crippen LogP contribution in [-0.4, -0.2) is 61.9 Å². The zero-order valence-electron chi connectivity index (χ0n) is 11.6. The first-order valence-corrected chi connectivity index (χ1v) is 6.74. The van der Waals surface area contributed by atoms with Crippen molar-refractivity contribution < 1.29 is 14.6 Å². The molecule has 0 aliphatic carbocycles. The van der Waals surface area contributed by atoms with Gasteiger partial charge in [0, 0.05) is 26.7 Å². The fourth-order valence-corrected chi connectivity index (χ4v) is 2.24. The minimum atomic E-state index is -0.326. The number of aliphatic hydroxyl groups excluding tert-OH is 1. The van der Waals surface area contributed by atoms with Gasteiger partial charge in [-0.15, -0.1) is 0 Å². The summed E-state index contributed by atoms with van der Waals surface area (Å²) in [6.45, 7) is 1.75. The predicted molar refractivity (Wildman–Crippen MR) is 77.9 cm³/mol. The average Bonchev–Trinajstić information content (AvgIpc) is 2.50. The summed E-state index contributed by atoms with van der Waals surface area (Å²) >= 11 is 0. The number of hydrogen-bond donors (Lipinski definition) is 3. The van der Waals surface area contributed by atoms with Gasteiger partial charge < -0.3 is 25.4 Å². The summed E-state index contributed by atoms with van der Waals surface area (Å²) < 4.78 is 5.00. The highest BCUT2D eigenvalue weighted by molar-refractivity contribution is 5.88. The molecule has 0 spiro atoms. The molecule has 1 aliphatic rings. The van der Waals surface area contributed by atoms with Gasteiger partial charge in [-0.25, -0.2) is 0 Å². The van der Waals surface area contributed by atoms with Gasteiger partial charge in [0.2, 0.25) is 5.91 Å². The van der Waals surface area contributed by atoms with E-state index >= 15 is 0 Å². The van der Waals surface area contributed by atoms with Gasteiger partial charge >= 0.3 is 0 Å². The van der Waals surface area contributed by atoms with Crippen LogP contribution in [0.1, 0.15) is 0 Å². The number of hydrogen-bond acceptors (Lipinski definition) is 5. The van der Waals surface area contributed by atoms with Crippen LogP contribution in [0.2, 0.25) is 0 Å². The van der Waals surface area contributed by atoms with Gasteiger partial charge in [0.25, 0.3) is 0 Å². The van der Waals surface area contributed by atoms with Crippen molar-refractivity contribution in [2.24, 2.45) is 0 Å². The lowest BCUT2D eigenvalue weighted by Crippen LogP contribution is -2.49. The number of fused-ring (bicyclic) bond motifs is 1. The van der Waals surface area contributed by atoms with Crippen molar-refractivity contribution >= 4 is 17.3 Å². The number of carbonyl (C=O) groups is 1. The lowest BCUT2D eigenvalue weighted by Gasteiger charge is -2.32. The Kier molecular flexibility index (Phi) is 5.20. The van der Waals surface area contributed by atoms with Crippen molar-refractivity contribution in [3.63, 3.8) is 0 Å². The van der Waals surface area contributed by atoms with Gasteiger partial charge in [-0.05, 0) is 12.1 Å². The molecule has 3 N–H and O–H groups in total. The molecule has 0 saturated carbocycles. The zero-order valence-corrected chi connectivity index (χ0v) is 11.6. The smallest absolute Gasteiger partial charge is 0.247 e. The molecule has 1 aromatic carbocycles. The van der Waals surface area contributed by atoms with Crippen molar-refractivity contribution in [1.82, 2.24) is 4.90 Å². The fraction of sp³-hybridized carbons (Fsp3) is 0.500. The molecule has 0 fully saturated rings. The Bertz CT molecular complexity index is 453. The van der Waals surface area contributed by atoms with E-state index < -0.39 is 0 Å². The third kappa shape index (κ3) is 3.40. The van der Waals surface area contributed by atoms with Crippen molar-refractivity contribution in [2.45, 2.75) is 6.04 Å². The number of nitrogens with one attached hydrogen (secondary N) is 2. The van der Waals surface area contributed by atoms with Gasteiger partial charge in [0.1, 0.15) is 6.04 Å².